The average molecular weight is 359 g/mol. The number of amides is 1. The Morgan fingerprint density at radius 3 is 2.50 bits per heavy atom. The maximum Gasteiger partial charge on any atom is 0.251 e. The van der Waals surface area contributed by atoms with Crippen molar-refractivity contribution in [2.75, 3.05) is 14.1 Å². The SMILES string of the molecule is CN=C(NCc1ccc(C(=O)NC)cc1)NC(C)CCC1CCCCC1. The number of hydrogen-bond donors (Lipinski definition) is 3. The topological polar surface area (TPSA) is 65.5 Å². The van der Waals surface area contributed by atoms with Gasteiger partial charge in [-0.05, 0) is 43.4 Å². The number of carbonyl (C=O) groups excluding carboxylic acids is 1. The Bertz CT molecular complexity index is 576. The third-order valence-corrected chi connectivity index (χ3v) is 5.24. The van der Waals surface area contributed by atoms with Gasteiger partial charge in [-0.15, -0.1) is 0 Å². The lowest BCUT2D eigenvalue weighted by Gasteiger charge is -2.24. The molecule has 2 rings (SSSR count). The molecule has 5 nitrogen and oxygen atoms in total. The van der Waals surface area contributed by atoms with Gasteiger partial charge in [0.15, 0.2) is 5.96 Å². The Labute approximate surface area is 158 Å². The first-order valence-corrected chi connectivity index (χ1v) is 9.90. The Hall–Kier alpha value is -2.04. The van der Waals surface area contributed by atoms with Gasteiger partial charge in [0.05, 0.1) is 0 Å². The van der Waals surface area contributed by atoms with Crippen molar-refractivity contribution >= 4 is 11.9 Å². The minimum atomic E-state index is -0.0613. The van der Waals surface area contributed by atoms with Crippen molar-refractivity contribution in [3.63, 3.8) is 0 Å². The number of benzene rings is 1. The van der Waals surface area contributed by atoms with Gasteiger partial charge in [0.1, 0.15) is 0 Å². The van der Waals surface area contributed by atoms with Crippen LogP contribution in [0.5, 0.6) is 0 Å². The molecule has 3 N–H and O–H groups in total. The highest BCUT2D eigenvalue weighted by atomic mass is 16.1. The molecule has 0 saturated heterocycles. The Morgan fingerprint density at radius 2 is 1.88 bits per heavy atom. The van der Waals surface area contributed by atoms with E-state index in [-0.39, 0.29) is 5.91 Å². The second-order valence-electron chi connectivity index (χ2n) is 7.33. The van der Waals surface area contributed by atoms with E-state index < -0.39 is 0 Å². The van der Waals surface area contributed by atoms with Crippen molar-refractivity contribution in [1.29, 1.82) is 0 Å². The summed E-state index contributed by atoms with van der Waals surface area (Å²) in [6.07, 6.45) is 9.56. The number of nitrogens with zero attached hydrogens (tertiary/aromatic N) is 1. The Kier molecular flexibility index (Phi) is 8.45. The zero-order valence-electron chi connectivity index (χ0n) is 16.5. The zero-order valence-corrected chi connectivity index (χ0v) is 16.5. The van der Waals surface area contributed by atoms with Crippen molar-refractivity contribution in [3.8, 4) is 0 Å². The molecule has 5 heteroatoms. The van der Waals surface area contributed by atoms with Gasteiger partial charge in [0.2, 0.25) is 0 Å². The molecular weight excluding hydrogens is 324 g/mol. The summed E-state index contributed by atoms with van der Waals surface area (Å²) in [6, 6.07) is 8.05. The number of guanidine groups is 1. The van der Waals surface area contributed by atoms with E-state index in [2.05, 4.69) is 27.9 Å². The van der Waals surface area contributed by atoms with E-state index in [4.69, 9.17) is 0 Å². The molecule has 0 heterocycles. The fraction of sp³-hybridized carbons (Fsp3) is 0.619. The molecule has 26 heavy (non-hydrogen) atoms. The largest absolute Gasteiger partial charge is 0.355 e. The van der Waals surface area contributed by atoms with Gasteiger partial charge in [-0.3, -0.25) is 9.79 Å². The van der Waals surface area contributed by atoms with Gasteiger partial charge in [0, 0.05) is 32.2 Å². The van der Waals surface area contributed by atoms with Gasteiger partial charge in [-0.2, -0.15) is 0 Å². The second kappa shape index (κ2) is 10.8. The molecular formula is C21H34N4O. The van der Waals surface area contributed by atoms with E-state index in [1.807, 2.05) is 24.3 Å². The summed E-state index contributed by atoms with van der Waals surface area (Å²) in [6.45, 7) is 2.91. The molecule has 1 unspecified atom stereocenters. The van der Waals surface area contributed by atoms with Crippen LogP contribution in [0.3, 0.4) is 0 Å². The molecule has 1 atom stereocenters. The minimum Gasteiger partial charge on any atom is -0.355 e. The highest BCUT2D eigenvalue weighted by Crippen LogP contribution is 2.27. The lowest BCUT2D eigenvalue weighted by Crippen LogP contribution is -2.42. The van der Waals surface area contributed by atoms with E-state index in [1.54, 1.807) is 14.1 Å². The van der Waals surface area contributed by atoms with Gasteiger partial charge in [-0.1, -0.05) is 44.2 Å². The molecule has 1 aromatic carbocycles. The lowest BCUT2D eigenvalue weighted by molar-refractivity contribution is 0.0963. The van der Waals surface area contributed by atoms with Crippen molar-refractivity contribution < 1.29 is 4.79 Å². The standard InChI is InChI=1S/C21H34N4O/c1-16(9-10-17-7-5-4-6-8-17)25-21(23-3)24-15-18-11-13-19(14-12-18)20(26)22-2/h11-14,16-17H,4-10,15H2,1-3H3,(H,22,26)(H2,23,24,25). The third kappa shape index (κ3) is 6.70. The van der Waals surface area contributed by atoms with Crippen LogP contribution in [-0.2, 0) is 6.54 Å². The van der Waals surface area contributed by atoms with Crippen LogP contribution in [0.25, 0.3) is 0 Å². The fourth-order valence-electron chi connectivity index (χ4n) is 3.57. The van der Waals surface area contributed by atoms with Crippen molar-refractivity contribution in [1.82, 2.24) is 16.0 Å². The summed E-state index contributed by atoms with van der Waals surface area (Å²) in [7, 11) is 3.45. The molecule has 0 aliphatic heterocycles. The molecule has 1 aliphatic carbocycles. The van der Waals surface area contributed by atoms with Gasteiger partial charge < -0.3 is 16.0 Å². The molecule has 1 amide bonds. The van der Waals surface area contributed by atoms with E-state index >= 15 is 0 Å². The van der Waals surface area contributed by atoms with Crippen LogP contribution >= 0.6 is 0 Å². The first kappa shape index (κ1) is 20.3. The summed E-state index contributed by atoms with van der Waals surface area (Å²) in [5.41, 5.74) is 1.80. The summed E-state index contributed by atoms with van der Waals surface area (Å²) >= 11 is 0. The normalized spacial score (nSPS) is 16.8. The predicted octanol–water partition coefficient (Wildman–Crippen LogP) is 3.46. The quantitative estimate of drug-likeness (QED) is 0.516. The Morgan fingerprint density at radius 1 is 1.19 bits per heavy atom. The van der Waals surface area contributed by atoms with Crippen LogP contribution in [0.15, 0.2) is 29.3 Å². The molecule has 1 aliphatic rings. The average Bonchev–Trinajstić information content (AvgIpc) is 2.70. The van der Waals surface area contributed by atoms with Crippen LogP contribution in [0, 0.1) is 5.92 Å². The molecule has 1 fully saturated rings. The van der Waals surface area contributed by atoms with Crippen LogP contribution in [0.2, 0.25) is 0 Å². The summed E-state index contributed by atoms with van der Waals surface area (Å²) in [5, 5.41) is 9.48. The van der Waals surface area contributed by atoms with Crippen LogP contribution in [0.4, 0.5) is 0 Å². The molecule has 0 bridgehead atoms. The molecule has 0 spiro atoms. The molecule has 0 radical (unpaired) electrons. The highest BCUT2D eigenvalue weighted by Gasteiger charge is 2.15. The van der Waals surface area contributed by atoms with E-state index in [0.29, 0.717) is 18.2 Å². The van der Waals surface area contributed by atoms with Gasteiger partial charge in [-0.25, -0.2) is 0 Å². The fourth-order valence-corrected chi connectivity index (χ4v) is 3.57. The van der Waals surface area contributed by atoms with Crippen molar-refractivity contribution in [2.24, 2.45) is 10.9 Å². The number of carbonyl (C=O) groups is 1. The Balaban J connectivity index is 1.73. The van der Waals surface area contributed by atoms with E-state index in [1.165, 1.54) is 44.9 Å². The maximum absolute atomic E-state index is 11.6. The van der Waals surface area contributed by atoms with Gasteiger partial charge >= 0.3 is 0 Å². The first-order chi connectivity index (χ1) is 12.6. The number of hydrogen-bond acceptors (Lipinski definition) is 2. The third-order valence-electron chi connectivity index (χ3n) is 5.24. The molecule has 1 aromatic rings. The van der Waals surface area contributed by atoms with E-state index in [0.717, 1.165) is 17.4 Å². The monoisotopic (exact) mass is 358 g/mol. The van der Waals surface area contributed by atoms with Crippen molar-refractivity contribution in [3.05, 3.63) is 35.4 Å². The minimum absolute atomic E-state index is 0.0613. The molecule has 144 valence electrons. The number of nitrogens with one attached hydrogen (secondary N) is 3. The van der Waals surface area contributed by atoms with Crippen LogP contribution in [-0.4, -0.2) is 32.0 Å². The summed E-state index contributed by atoms with van der Waals surface area (Å²) in [4.78, 5) is 15.9. The zero-order chi connectivity index (χ0) is 18.8. The maximum atomic E-state index is 11.6. The highest BCUT2D eigenvalue weighted by molar-refractivity contribution is 5.93. The number of aliphatic imine (C=N–C) groups is 1. The first-order valence-electron chi connectivity index (χ1n) is 9.90. The van der Waals surface area contributed by atoms with Crippen LogP contribution < -0.4 is 16.0 Å². The van der Waals surface area contributed by atoms with Crippen molar-refractivity contribution in [2.45, 2.75) is 64.5 Å². The molecule has 0 aromatic heterocycles. The van der Waals surface area contributed by atoms with Gasteiger partial charge in [0.25, 0.3) is 5.91 Å². The molecule has 1 saturated carbocycles. The number of rotatable bonds is 7. The summed E-state index contributed by atoms with van der Waals surface area (Å²) < 4.78 is 0. The summed E-state index contributed by atoms with van der Waals surface area (Å²) in [5.74, 6) is 1.69. The predicted molar refractivity (Wildman–Crippen MR) is 108 cm³/mol. The van der Waals surface area contributed by atoms with Crippen LogP contribution in [0.1, 0.15) is 67.8 Å². The van der Waals surface area contributed by atoms with E-state index in [9.17, 15) is 4.79 Å². The smallest absolute Gasteiger partial charge is 0.251 e. The lowest BCUT2D eigenvalue weighted by atomic mass is 9.85. The second-order valence-corrected chi connectivity index (χ2v) is 7.33.